The molecule has 0 saturated carbocycles. The van der Waals surface area contributed by atoms with E-state index in [0.717, 1.165) is 11.1 Å². The van der Waals surface area contributed by atoms with E-state index in [2.05, 4.69) is 0 Å². The molecule has 3 N–H and O–H groups in total. The standard InChI is InChI=1S/C18H18ClNO6S/c19-14-3-1-2-13(10-14)12-4-6-15(7-5-12)27(24,25)16-8-9-26-11-18(16,22)17(21)20-23/h1-7,10,16,22-23H,8-9,11H2,(H,20,21). The van der Waals surface area contributed by atoms with E-state index >= 15 is 0 Å². The molecule has 2 aromatic rings. The third kappa shape index (κ3) is 3.71. The van der Waals surface area contributed by atoms with E-state index in [1.165, 1.54) is 17.6 Å². The van der Waals surface area contributed by atoms with Gasteiger partial charge in [0.2, 0.25) is 0 Å². The molecule has 1 saturated heterocycles. The lowest BCUT2D eigenvalue weighted by molar-refractivity contribution is -0.161. The molecule has 1 aliphatic heterocycles. The van der Waals surface area contributed by atoms with Crippen molar-refractivity contribution in [2.45, 2.75) is 22.2 Å². The van der Waals surface area contributed by atoms with Crippen LogP contribution in [-0.2, 0) is 19.4 Å². The molecule has 1 fully saturated rings. The van der Waals surface area contributed by atoms with Gasteiger partial charge in [-0.05, 0) is 41.8 Å². The van der Waals surface area contributed by atoms with Gasteiger partial charge in [0.15, 0.2) is 15.4 Å². The van der Waals surface area contributed by atoms with Gasteiger partial charge < -0.3 is 9.84 Å². The van der Waals surface area contributed by atoms with Gasteiger partial charge in [0, 0.05) is 11.6 Å². The molecule has 1 aliphatic rings. The summed E-state index contributed by atoms with van der Waals surface area (Å²) >= 11 is 5.98. The van der Waals surface area contributed by atoms with Gasteiger partial charge >= 0.3 is 0 Å². The van der Waals surface area contributed by atoms with E-state index in [9.17, 15) is 18.3 Å². The van der Waals surface area contributed by atoms with Crippen LogP contribution >= 0.6 is 11.6 Å². The number of sulfone groups is 1. The molecule has 0 radical (unpaired) electrons. The van der Waals surface area contributed by atoms with Crippen LogP contribution in [0.2, 0.25) is 5.02 Å². The molecule has 0 bridgehead atoms. The zero-order valence-electron chi connectivity index (χ0n) is 14.1. The molecule has 2 atom stereocenters. The summed E-state index contributed by atoms with van der Waals surface area (Å²) < 4.78 is 31.1. The lowest BCUT2D eigenvalue weighted by atomic mass is 9.95. The Morgan fingerprint density at radius 1 is 1.19 bits per heavy atom. The minimum absolute atomic E-state index is 0.0376. The van der Waals surface area contributed by atoms with E-state index in [1.807, 2.05) is 6.07 Å². The van der Waals surface area contributed by atoms with Crippen LogP contribution in [0.5, 0.6) is 0 Å². The third-order valence-corrected chi connectivity index (χ3v) is 7.13. The largest absolute Gasteiger partial charge is 0.378 e. The number of hydroxylamine groups is 1. The van der Waals surface area contributed by atoms with E-state index in [0.29, 0.717) is 5.02 Å². The zero-order valence-corrected chi connectivity index (χ0v) is 15.7. The van der Waals surface area contributed by atoms with Gasteiger partial charge in [-0.15, -0.1) is 0 Å². The SMILES string of the molecule is O=C(NO)C1(O)COCCC1S(=O)(=O)c1ccc(-c2cccc(Cl)c2)cc1. The number of benzene rings is 2. The summed E-state index contributed by atoms with van der Waals surface area (Å²) in [5.74, 6) is -1.22. The van der Waals surface area contributed by atoms with Crippen molar-refractivity contribution in [2.75, 3.05) is 13.2 Å². The van der Waals surface area contributed by atoms with Gasteiger partial charge in [0.25, 0.3) is 5.91 Å². The predicted molar refractivity (Wildman–Crippen MR) is 98.2 cm³/mol. The number of rotatable bonds is 4. The first-order valence-electron chi connectivity index (χ1n) is 8.13. The Morgan fingerprint density at radius 3 is 2.52 bits per heavy atom. The Morgan fingerprint density at radius 2 is 1.89 bits per heavy atom. The first-order valence-corrected chi connectivity index (χ1v) is 10.1. The van der Waals surface area contributed by atoms with Gasteiger partial charge in [-0.25, -0.2) is 13.9 Å². The fourth-order valence-corrected chi connectivity index (χ4v) is 5.27. The fraction of sp³-hybridized carbons (Fsp3) is 0.278. The van der Waals surface area contributed by atoms with Gasteiger partial charge in [-0.1, -0.05) is 35.9 Å². The van der Waals surface area contributed by atoms with Crippen molar-refractivity contribution in [3.05, 3.63) is 53.6 Å². The predicted octanol–water partition coefficient (Wildman–Crippen LogP) is 1.81. The molecular weight excluding hydrogens is 394 g/mol. The molecule has 0 aliphatic carbocycles. The van der Waals surface area contributed by atoms with Crippen molar-refractivity contribution in [3.8, 4) is 11.1 Å². The summed E-state index contributed by atoms with van der Waals surface area (Å²) in [6, 6.07) is 13.2. The summed E-state index contributed by atoms with van der Waals surface area (Å²) in [7, 11) is -4.06. The number of hydrogen-bond acceptors (Lipinski definition) is 6. The monoisotopic (exact) mass is 411 g/mol. The Hall–Kier alpha value is -1.97. The van der Waals surface area contributed by atoms with Crippen molar-refractivity contribution in [1.82, 2.24) is 5.48 Å². The highest BCUT2D eigenvalue weighted by Crippen LogP contribution is 2.32. The second-order valence-electron chi connectivity index (χ2n) is 6.27. The van der Waals surface area contributed by atoms with Crippen molar-refractivity contribution >= 4 is 27.3 Å². The first-order chi connectivity index (χ1) is 12.8. The molecule has 0 aromatic heterocycles. The summed E-state index contributed by atoms with van der Waals surface area (Å²) in [5.41, 5.74) is 0.539. The molecule has 27 heavy (non-hydrogen) atoms. The van der Waals surface area contributed by atoms with Gasteiger partial charge in [0.1, 0.15) is 5.25 Å². The van der Waals surface area contributed by atoms with Crippen LogP contribution in [0.1, 0.15) is 6.42 Å². The van der Waals surface area contributed by atoms with Crippen molar-refractivity contribution < 1.29 is 28.3 Å². The number of hydrogen-bond donors (Lipinski definition) is 3. The molecule has 144 valence electrons. The number of nitrogens with one attached hydrogen (secondary N) is 1. The molecule has 3 rings (SSSR count). The van der Waals surface area contributed by atoms with Crippen molar-refractivity contribution in [1.29, 1.82) is 0 Å². The normalized spacial score (nSPS) is 23.0. The Kier molecular flexibility index (Phi) is 5.55. The lowest BCUT2D eigenvalue weighted by Crippen LogP contribution is -2.62. The number of carbonyl (C=O) groups is 1. The summed E-state index contributed by atoms with van der Waals surface area (Å²) in [6.07, 6.45) is -0.0811. The van der Waals surface area contributed by atoms with Crippen molar-refractivity contribution in [3.63, 3.8) is 0 Å². The van der Waals surface area contributed by atoms with Crippen LogP contribution in [0.4, 0.5) is 0 Å². The number of aliphatic hydroxyl groups is 1. The van der Waals surface area contributed by atoms with Crippen LogP contribution in [0, 0.1) is 0 Å². The molecule has 7 nitrogen and oxygen atoms in total. The van der Waals surface area contributed by atoms with E-state index in [1.54, 1.807) is 30.3 Å². The molecule has 1 heterocycles. The Labute approximate surface area is 161 Å². The maximum atomic E-state index is 13.0. The number of ether oxygens (including phenoxy) is 1. The van der Waals surface area contributed by atoms with Crippen LogP contribution in [0.25, 0.3) is 11.1 Å². The molecule has 2 unspecified atom stereocenters. The Balaban J connectivity index is 1.95. The topological polar surface area (TPSA) is 113 Å². The number of carbonyl (C=O) groups excluding carboxylic acids is 1. The first kappa shape index (κ1) is 19.8. The third-order valence-electron chi connectivity index (χ3n) is 4.59. The second-order valence-corrected chi connectivity index (χ2v) is 8.84. The summed E-state index contributed by atoms with van der Waals surface area (Å²) in [6.45, 7) is -0.449. The smallest absolute Gasteiger partial charge is 0.279 e. The molecule has 0 spiro atoms. The van der Waals surface area contributed by atoms with E-state index in [-0.39, 0.29) is 17.9 Å². The fourth-order valence-electron chi connectivity index (χ4n) is 3.14. The molecule has 9 heteroatoms. The van der Waals surface area contributed by atoms with Gasteiger partial charge in [-0.2, -0.15) is 0 Å². The van der Waals surface area contributed by atoms with Crippen LogP contribution in [0.15, 0.2) is 53.4 Å². The minimum atomic E-state index is -4.06. The molecule has 1 amide bonds. The quantitative estimate of drug-likeness (QED) is 0.522. The lowest BCUT2D eigenvalue weighted by Gasteiger charge is -2.36. The highest BCUT2D eigenvalue weighted by atomic mass is 35.5. The van der Waals surface area contributed by atoms with Crippen LogP contribution < -0.4 is 5.48 Å². The second kappa shape index (κ2) is 7.57. The van der Waals surface area contributed by atoms with Crippen LogP contribution in [0.3, 0.4) is 0 Å². The summed E-state index contributed by atoms with van der Waals surface area (Å²) in [4.78, 5) is 11.8. The van der Waals surface area contributed by atoms with Crippen LogP contribution in [-0.4, -0.2) is 48.7 Å². The van der Waals surface area contributed by atoms with Gasteiger partial charge in [0.05, 0.1) is 11.5 Å². The average molecular weight is 412 g/mol. The summed E-state index contributed by atoms with van der Waals surface area (Å²) in [5, 5.41) is 18.6. The maximum absolute atomic E-state index is 13.0. The van der Waals surface area contributed by atoms with Gasteiger partial charge in [-0.3, -0.25) is 10.0 Å². The number of amides is 1. The zero-order chi connectivity index (χ0) is 19.7. The molecular formula is C18H18ClNO6S. The maximum Gasteiger partial charge on any atom is 0.279 e. The Bertz CT molecular complexity index is 947. The average Bonchev–Trinajstić information content (AvgIpc) is 2.67. The highest BCUT2D eigenvalue weighted by molar-refractivity contribution is 7.92. The van der Waals surface area contributed by atoms with E-state index in [4.69, 9.17) is 21.5 Å². The minimum Gasteiger partial charge on any atom is -0.378 e. The molecule has 2 aromatic carbocycles. The highest BCUT2D eigenvalue weighted by Gasteiger charge is 2.53. The van der Waals surface area contributed by atoms with Crippen molar-refractivity contribution in [2.24, 2.45) is 0 Å². The van der Waals surface area contributed by atoms with E-state index < -0.39 is 33.2 Å². The number of halogens is 1.